The van der Waals surface area contributed by atoms with E-state index in [0.29, 0.717) is 11.3 Å². The molecule has 1 fully saturated rings. The summed E-state index contributed by atoms with van der Waals surface area (Å²) in [5.41, 5.74) is 4.96. The number of nitrogens with zero attached hydrogens (tertiary/aromatic N) is 4. The lowest BCUT2D eigenvalue weighted by molar-refractivity contribution is -0.113. The molecule has 1 aliphatic heterocycles. The first-order valence-electron chi connectivity index (χ1n) is 11.4. The van der Waals surface area contributed by atoms with Gasteiger partial charge in [-0.15, -0.1) is 0 Å². The lowest BCUT2D eigenvalue weighted by atomic mass is 10.1. The molecule has 0 saturated carbocycles. The lowest BCUT2D eigenvalue weighted by Crippen LogP contribution is -2.47. The topological polar surface area (TPSA) is 87.7 Å². The van der Waals surface area contributed by atoms with E-state index in [1.54, 1.807) is 36.7 Å². The first-order chi connectivity index (χ1) is 17.0. The lowest BCUT2D eigenvalue weighted by Gasteiger charge is -2.37. The molecule has 0 spiro atoms. The molecule has 0 radical (unpaired) electrons. The van der Waals surface area contributed by atoms with Crippen molar-refractivity contribution in [3.63, 3.8) is 0 Å². The summed E-state index contributed by atoms with van der Waals surface area (Å²) in [7, 11) is 1.33. The highest BCUT2D eigenvalue weighted by Crippen LogP contribution is 2.29. The van der Waals surface area contributed by atoms with E-state index in [4.69, 9.17) is 4.74 Å². The third-order valence-corrected chi connectivity index (χ3v) is 7.04. The van der Waals surface area contributed by atoms with E-state index in [-0.39, 0.29) is 11.7 Å². The predicted molar refractivity (Wildman–Crippen MR) is 140 cm³/mol. The number of amides is 1. The van der Waals surface area contributed by atoms with Crippen molar-refractivity contribution in [2.24, 2.45) is 0 Å². The molecule has 2 aromatic carbocycles. The fourth-order valence-electron chi connectivity index (χ4n) is 4.01. The Hall–Kier alpha value is -3.59. The van der Waals surface area contributed by atoms with Crippen LogP contribution in [0.5, 0.6) is 0 Å². The van der Waals surface area contributed by atoms with Crippen molar-refractivity contribution in [1.29, 1.82) is 0 Å². The van der Waals surface area contributed by atoms with Gasteiger partial charge in [-0.05, 0) is 55.3 Å². The molecule has 9 heteroatoms. The maximum Gasteiger partial charge on any atom is 0.337 e. The monoisotopic (exact) mass is 491 g/mol. The van der Waals surface area contributed by atoms with Crippen molar-refractivity contribution >= 4 is 40.8 Å². The number of aromatic nitrogens is 2. The van der Waals surface area contributed by atoms with Gasteiger partial charge >= 0.3 is 5.97 Å². The third-order valence-electron chi connectivity index (χ3n) is 6.07. The Kier molecular flexibility index (Phi) is 7.87. The van der Waals surface area contributed by atoms with Gasteiger partial charge in [-0.3, -0.25) is 4.79 Å². The fraction of sp³-hybridized carbons (Fsp3) is 0.308. The van der Waals surface area contributed by atoms with Crippen molar-refractivity contribution in [2.45, 2.75) is 18.9 Å². The van der Waals surface area contributed by atoms with E-state index in [2.05, 4.69) is 57.1 Å². The van der Waals surface area contributed by atoms with Crippen molar-refractivity contribution in [3.8, 4) is 0 Å². The number of carbonyl (C=O) groups excluding carboxylic acids is 2. The van der Waals surface area contributed by atoms with Gasteiger partial charge < -0.3 is 19.9 Å². The van der Waals surface area contributed by atoms with Crippen LogP contribution < -0.4 is 15.1 Å². The van der Waals surface area contributed by atoms with Crippen LogP contribution >= 0.6 is 11.8 Å². The SMILES string of the molecule is COC(=O)c1ccc(NC(=O)CSc2nccnc2N2CCN(c3cccc(C)c3C)CC2)cc1. The summed E-state index contributed by atoms with van der Waals surface area (Å²) >= 11 is 1.37. The molecule has 4 rings (SSSR count). The molecule has 1 aromatic heterocycles. The highest BCUT2D eigenvalue weighted by atomic mass is 32.2. The van der Waals surface area contributed by atoms with Crippen molar-refractivity contribution in [3.05, 3.63) is 71.5 Å². The van der Waals surface area contributed by atoms with E-state index in [9.17, 15) is 9.59 Å². The number of piperazine rings is 1. The zero-order chi connectivity index (χ0) is 24.8. The summed E-state index contributed by atoms with van der Waals surface area (Å²) in [5.74, 6) is 0.446. The van der Waals surface area contributed by atoms with Crippen LogP contribution in [0.3, 0.4) is 0 Å². The van der Waals surface area contributed by atoms with Crippen LogP contribution in [0.1, 0.15) is 21.5 Å². The minimum Gasteiger partial charge on any atom is -0.465 e. The van der Waals surface area contributed by atoms with Crippen LogP contribution in [0.25, 0.3) is 0 Å². The number of rotatable bonds is 7. The molecular formula is C26H29N5O3S. The van der Waals surface area contributed by atoms with Gasteiger partial charge in [0.1, 0.15) is 5.03 Å². The average molecular weight is 492 g/mol. The van der Waals surface area contributed by atoms with Gasteiger partial charge in [0.2, 0.25) is 5.91 Å². The standard InChI is InChI=1S/C26H29N5O3S/c1-18-5-4-6-22(19(18)2)30-13-15-31(16-14-30)24-25(28-12-11-27-24)35-17-23(32)29-21-9-7-20(8-10-21)26(33)34-3/h4-12H,13-17H2,1-3H3,(H,29,32). The Labute approximate surface area is 209 Å². The molecular weight excluding hydrogens is 462 g/mol. The molecule has 1 amide bonds. The number of hydrogen-bond acceptors (Lipinski definition) is 8. The summed E-state index contributed by atoms with van der Waals surface area (Å²) < 4.78 is 4.70. The van der Waals surface area contributed by atoms with Gasteiger partial charge in [0.05, 0.1) is 18.4 Å². The summed E-state index contributed by atoms with van der Waals surface area (Å²) in [6.07, 6.45) is 3.35. The molecule has 8 nitrogen and oxygen atoms in total. The van der Waals surface area contributed by atoms with Gasteiger partial charge in [0.15, 0.2) is 5.82 Å². The summed E-state index contributed by atoms with van der Waals surface area (Å²) in [4.78, 5) is 37.8. The Bertz CT molecular complexity index is 1190. The van der Waals surface area contributed by atoms with Crippen LogP contribution in [-0.4, -0.2) is 60.9 Å². The second-order valence-corrected chi connectivity index (χ2v) is 9.25. The number of benzene rings is 2. The smallest absolute Gasteiger partial charge is 0.337 e. The third kappa shape index (κ3) is 5.92. The number of anilines is 3. The van der Waals surface area contributed by atoms with Crippen LogP contribution in [0.15, 0.2) is 59.9 Å². The van der Waals surface area contributed by atoms with Crippen molar-refractivity contribution < 1.29 is 14.3 Å². The predicted octanol–water partition coefficient (Wildman–Crippen LogP) is 3.94. The second-order valence-electron chi connectivity index (χ2n) is 8.28. The van der Waals surface area contributed by atoms with Gasteiger partial charge in [-0.1, -0.05) is 23.9 Å². The van der Waals surface area contributed by atoms with Crippen molar-refractivity contribution in [1.82, 2.24) is 9.97 Å². The van der Waals surface area contributed by atoms with Crippen LogP contribution in [-0.2, 0) is 9.53 Å². The number of methoxy groups -OCH3 is 1. The number of esters is 1. The Morgan fingerprint density at radius 2 is 1.66 bits per heavy atom. The normalized spacial score (nSPS) is 13.5. The van der Waals surface area contributed by atoms with Gasteiger partial charge in [0.25, 0.3) is 0 Å². The van der Waals surface area contributed by atoms with Crippen LogP contribution in [0.4, 0.5) is 17.2 Å². The zero-order valence-electron chi connectivity index (χ0n) is 20.2. The summed E-state index contributed by atoms with van der Waals surface area (Å²) in [5, 5.41) is 3.59. The second kappa shape index (κ2) is 11.2. The zero-order valence-corrected chi connectivity index (χ0v) is 21.0. The first-order valence-corrected chi connectivity index (χ1v) is 12.4. The maximum atomic E-state index is 12.5. The molecule has 3 aromatic rings. The van der Waals surface area contributed by atoms with Gasteiger partial charge in [0, 0.05) is 49.9 Å². The molecule has 0 bridgehead atoms. The molecule has 1 saturated heterocycles. The Morgan fingerprint density at radius 3 is 2.37 bits per heavy atom. The largest absolute Gasteiger partial charge is 0.465 e. The van der Waals surface area contributed by atoms with E-state index in [0.717, 1.165) is 37.0 Å². The summed E-state index contributed by atoms with van der Waals surface area (Å²) in [6.45, 7) is 7.77. The molecule has 1 aliphatic rings. The van der Waals surface area contributed by atoms with E-state index in [1.807, 2.05) is 0 Å². The number of aryl methyl sites for hydroxylation is 1. The molecule has 1 N–H and O–H groups in total. The number of hydrogen-bond donors (Lipinski definition) is 1. The molecule has 0 aliphatic carbocycles. The van der Waals surface area contributed by atoms with Gasteiger partial charge in [-0.25, -0.2) is 14.8 Å². The highest BCUT2D eigenvalue weighted by molar-refractivity contribution is 8.00. The number of carbonyl (C=O) groups is 2. The minimum absolute atomic E-state index is 0.155. The van der Waals surface area contributed by atoms with E-state index < -0.39 is 5.97 Å². The van der Waals surface area contributed by atoms with Crippen molar-refractivity contribution in [2.75, 3.05) is 54.2 Å². The molecule has 182 valence electrons. The first kappa shape index (κ1) is 24.5. The number of ether oxygens (including phenoxy) is 1. The number of thioether (sulfide) groups is 1. The van der Waals surface area contributed by atoms with Crippen LogP contribution in [0.2, 0.25) is 0 Å². The highest BCUT2D eigenvalue weighted by Gasteiger charge is 2.22. The minimum atomic E-state index is -0.413. The van der Waals surface area contributed by atoms with Gasteiger partial charge in [-0.2, -0.15) is 0 Å². The molecule has 2 heterocycles. The van der Waals surface area contributed by atoms with Crippen LogP contribution in [0, 0.1) is 13.8 Å². The average Bonchev–Trinajstić information content (AvgIpc) is 2.89. The maximum absolute atomic E-state index is 12.5. The number of nitrogens with one attached hydrogen (secondary N) is 1. The Morgan fingerprint density at radius 1 is 0.971 bits per heavy atom. The quantitative estimate of drug-likeness (QED) is 0.393. The van der Waals surface area contributed by atoms with E-state index >= 15 is 0 Å². The Balaban J connectivity index is 1.34. The molecule has 35 heavy (non-hydrogen) atoms. The fourth-order valence-corrected chi connectivity index (χ4v) is 4.80. The molecule has 0 atom stereocenters. The van der Waals surface area contributed by atoms with E-state index in [1.165, 1.54) is 35.7 Å². The molecule has 0 unspecified atom stereocenters. The summed E-state index contributed by atoms with van der Waals surface area (Å²) in [6, 6.07) is 13.0.